The van der Waals surface area contributed by atoms with E-state index in [1.807, 2.05) is 0 Å². The second-order valence-corrected chi connectivity index (χ2v) is 5.12. The Bertz CT molecular complexity index is 436. The number of rotatable bonds is 2. The van der Waals surface area contributed by atoms with Crippen LogP contribution in [0.15, 0.2) is 6.20 Å². The Hall–Kier alpha value is -1.36. The maximum Gasteiger partial charge on any atom is 0.241 e. The van der Waals surface area contributed by atoms with Gasteiger partial charge in [-0.1, -0.05) is 6.42 Å². The Morgan fingerprint density at radius 1 is 1.47 bits per heavy atom. The molecule has 1 aromatic heterocycles. The monoisotopic (exact) mass is 234 g/mol. The van der Waals surface area contributed by atoms with Gasteiger partial charge < -0.3 is 11.1 Å². The number of amides is 1. The van der Waals surface area contributed by atoms with E-state index in [4.69, 9.17) is 5.73 Å². The summed E-state index contributed by atoms with van der Waals surface area (Å²) in [5.74, 6) is 0.679. The molecule has 3 rings (SSSR count). The molecular weight excluding hydrogens is 216 g/mol. The van der Waals surface area contributed by atoms with Crippen LogP contribution in [0.5, 0.6) is 0 Å². The van der Waals surface area contributed by atoms with E-state index in [1.54, 1.807) is 6.20 Å². The van der Waals surface area contributed by atoms with E-state index < -0.39 is 0 Å². The summed E-state index contributed by atoms with van der Waals surface area (Å²) in [6.07, 6.45) is 7.25. The highest BCUT2D eigenvalue weighted by molar-refractivity contribution is 5.95. The molecular formula is C12H18N4O. The highest BCUT2D eigenvalue weighted by atomic mass is 16.2. The van der Waals surface area contributed by atoms with Crippen molar-refractivity contribution in [2.24, 2.45) is 11.7 Å². The predicted octanol–water partition coefficient (Wildman–Crippen LogP) is 0.895. The predicted molar refractivity (Wildman–Crippen MR) is 64.5 cm³/mol. The van der Waals surface area contributed by atoms with Gasteiger partial charge in [-0.05, 0) is 31.6 Å². The van der Waals surface area contributed by atoms with Gasteiger partial charge in [0.1, 0.15) is 0 Å². The minimum absolute atomic E-state index is 0.0908. The van der Waals surface area contributed by atoms with Crippen LogP contribution in [0.25, 0.3) is 0 Å². The number of fused-ring (bicyclic) bond motifs is 1. The highest BCUT2D eigenvalue weighted by Crippen LogP contribution is 2.30. The van der Waals surface area contributed by atoms with Crippen LogP contribution in [-0.4, -0.2) is 21.7 Å². The van der Waals surface area contributed by atoms with Crippen LogP contribution in [0.3, 0.4) is 0 Å². The number of nitrogens with two attached hydrogens (primary N) is 1. The van der Waals surface area contributed by atoms with Crippen LogP contribution < -0.4 is 11.1 Å². The minimum atomic E-state index is -0.389. The molecule has 17 heavy (non-hydrogen) atoms. The van der Waals surface area contributed by atoms with Crippen molar-refractivity contribution < 1.29 is 4.79 Å². The van der Waals surface area contributed by atoms with Gasteiger partial charge in [-0.3, -0.25) is 9.48 Å². The number of nitrogens with zero attached hydrogens (tertiary/aromatic N) is 2. The van der Waals surface area contributed by atoms with Gasteiger partial charge in [-0.2, -0.15) is 5.10 Å². The topological polar surface area (TPSA) is 72.9 Å². The van der Waals surface area contributed by atoms with Crippen LogP contribution >= 0.6 is 0 Å². The number of hydrogen-bond acceptors (Lipinski definition) is 3. The van der Waals surface area contributed by atoms with E-state index in [-0.39, 0.29) is 11.9 Å². The molecule has 2 heterocycles. The van der Waals surface area contributed by atoms with Crippen molar-refractivity contribution in [2.45, 2.75) is 44.7 Å². The Balaban J connectivity index is 1.81. The molecule has 1 aliphatic heterocycles. The first-order valence-electron chi connectivity index (χ1n) is 6.35. The summed E-state index contributed by atoms with van der Waals surface area (Å²) in [4.78, 5) is 11.6. The van der Waals surface area contributed by atoms with Gasteiger partial charge in [0.05, 0.1) is 23.6 Å². The molecule has 1 atom stereocenters. The Morgan fingerprint density at radius 3 is 3.00 bits per heavy atom. The normalized spacial score (nSPS) is 24.8. The van der Waals surface area contributed by atoms with E-state index in [0.29, 0.717) is 6.42 Å². The number of nitrogens with one attached hydrogen (secondary N) is 1. The van der Waals surface area contributed by atoms with Gasteiger partial charge in [-0.15, -0.1) is 0 Å². The Labute approximate surface area is 100 Å². The van der Waals surface area contributed by atoms with Crippen molar-refractivity contribution in [1.82, 2.24) is 9.78 Å². The van der Waals surface area contributed by atoms with Gasteiger partial charge >= 0.3 is 0 Å². The molecule has 3 N–H and O–H groups in total. The third-order valence-corrected chi connectivity index (χ3v) is 3.89. The summed E-state index contributed by atoms with van der Waals surface area (Å²) in [5.41, 5.74) is 7.75. The lowest BCUT2D eigenvalue weighted by atomic mass is 9.85. The van der Waals surface area contributed by atoms with E-state index in [2.05, 4.69) is 15.1 Å². The molecule has 0 saturated heterocycles. The molecule has 5 heteroatoms. The van der Waals surface area contributed by atoms with Crippen molar-refractivity contribution in [3.63, 3.8) is 0 Å². The zero-order valence-electron chi connectivity index (χ0n) is 9.85. The van der Waals surface area contributed by atoms with Gasteiger partial charge in [0, 0.05) is 6.54 Å². The van der Waals surface area contributed by atoms with E-state index in [9.17, 15) is 4.79 Å². The van der Waals surface area contributed by atoms with Crippen LogP contribution in [-0.2, 0) is 17.8 Å². The van der Waals surface area contributed by atoms with E-state index >= 15 is 0 Å². The second kappa shape index (κ2) is 4.14. The summed E-state index contributed by atoms with van der Waals surface area (Å²) >= 11 is 0. The van der Waals surface area contributed by atoms with Crippen LogP contribution in [0, 0.1) is 5.92 Å². The SMILES string of the molecule is NC1CCc2c(cnn2CC2CCC2)NC1=O. The van der Waals surface area contributed by atoms with Crippen LogP contribution in [0.1, 0.15) is 31.4 Å². The number of carbonyl (C=O) groups is 1. The molecule has 1 unspecified atom stereocenters. The first-order valence-corrected chi connectivity index (χ1v) is 6.35. The van der Waals surface area contributed by atoms with Crippen LogP contribution in [0.2, 0.25) is 0 Å². The Kier molecular flexibility index (Phi) is 2.63. The minimum Gasteiger partial charge on any atom is -0.322 e. The summed E-state index contributed by atoms with van der Waals surface area (Å²) in [6.45, 7) is 0.987. The lowest BCUT2D eigenvalue weighted by molar-refractivity contribution is -0.117. The van der Waals surface area contributed by atoms with Crippen molar-refractivity contribution in [2.75, 3.05) is 5.32 Å². The number of anilines is 1. The third-order valence-electron chi connectivity index (χ3n) is 3.89. The third kappa shape index (κ3) is 1.95. The summed E-state index contributed by atoms with van der Waals surface area (Å²) in [7, 11) is 0. The molecule has 0 radical (unpaired) electrons. The first kappa shape index (κ1) is 10.8. The largest absolute Gasteiger partial charge is 0.322 e. The molecule has 2 aliphatic rings. The number of aromatic nitrogens is 2. The Morgan fingerprint density at radius 2 is 2.29 bits per heavy atom. The number of hydrogen-bond donors (Lipinski definition) is 2. The fourth-order valence-electron chi connectivity index (χ4n) is 2.50. The quantitative estimate of drug-likeness (QED) is 0.798. The number of carbonyl (C=O) groups excluding carboxylic acids is 1. The molecule has 0 bridgehead atoms. The molecule has 1 aliphatic carbocycles. The van der Waals surface area contributed by atoms with E-state index in [0.717, 1.165) is 30.3 Å². The lowest BCUT2D eigenvalue weighted by Gasteiger charge is -2.25. The fraction of sp³-hybridized carbons (Fsp3) is 0.667. The average Bonchev–Trinajstić information content (AvgIpc) is 2.56. The van der Waals surface area contributed by atoms with Crippen molar-refractivity contribution >= 4 is 11.6 Å². The van der Waals surface area contributed by atoms with Crippen molar-refractivity contribution in [1.29, 1.82) is 0 Å². The van der Waals surface area contributed by atoms with Gasteiger partial charge in [0.2, 0.25) is 5.91 Å². The molecule has 0 spiro atoms. The van der Waals surface area contributed by atoms with E-state index in [1.165, 1.54) is 19.3 Å². The standard InChI is InChI=1S/C12H18N4O/c13-9-4-5-11-10(15-12(9)17)6-14-16(11)7-8-2-1-3-8/h6,8-9H,1-5,7,13H2,(H,15,17). The summed E-state index contributed by atoms with van der Waals surface area (Å²) < 4.78 is 2.05. The van der Waals surface area contributed by atoms with Crippen molar-refractivity contribution in [3.8, 4) is 0 Å². The molecule has 0 aromatic carbocycles. The molecule has 5 nitrogen and oxygen atoms in total. The molecule has 1 amide bonds. The molecule has 92 valence electrons. The van der Waals surface area contributed by atoms with Crippen molar-refractivity contribution in [3.05, 3.63) is 11.9 Å². The summed E-state index contributed by atoms with van der Waals surface area (Å²) in [6, 6.07) is -0.389. The zero-order valence-corrected chi connectivity index (χ0v) is 9.85. The molecule has 1 aromatic rings. The van der Waals surface area contributed by atoms with Gasteiger partial charge in [-0.25, -0.2) is 0 Å². The van der Waals surface area contributed by atoms with Gasteiger partial charge in [0.15, 0.2) is 0 Å². The summed E-state index contributed by atoms with van der Waals surface area (Å²) in [5, 5.41) is 7.24. The second-order valence-electron chi connectivity index (χ2n) is 5.12. The molecule has 1 saturated carbocycles. The fourth-order valence-corrected chi connectivity index (χ4v) is 2.50. The highest BCUT2D eigenvalue weighted by Gasteiger charge is 2.25. The van der Waals surface area contributed by atoms with Gasteiger partial charge in [0.25, 0.3) is 0 Å². The first-order chi connectivity index (χ1) is 8.24. The molecule has 1 fully saturated rings. The lowest BCUT2D eigenvalue weighted by Crippen LogP contribution is -2.34. The maximum absolute atomic E-state index is 11.6. The maximum atomic E-state index is 11.6. The average molecular weight is 234 g/mol. The smallest absolute Gasteiger partial charge is 0.241 e. The van der Waals surface area contributed by atoms with Crippen LogP contribution in [0.4, 0.5) is 5.69 Å². The zero-order chi connectivity index (χ0) is 11.8.